The minimum atomic E-state index is -3.72. The minimum absolute atomic E-state index is 0.00135. The second-order valence-electron chi connectivity index (χ2n) is 9.95. The fraction of sp³-hybridized carbons (Fsp3) is 0.500. The fourth-order valence-corrected chi connectivity index (χ4v) is 7.40. The molecule has 0 aliphatic carbocycles. The van der Waals surface area contributed by atoms with Crippen molar-refractivity contribution in [2.75, 3.05) is 39.9 Å². The van der Waals surface area contributed by atoms with Crippen LogP contribution in [0.4, 0.5) is 0 Å². The highest BCUT2D eigenvalue weighted by Gasteiger charge is 2.45. The van der Waals surface area contributed by atoms with Gasteiger partial charge in [-0.2, -0.15) is 9.57 Å². The van der Waals surface area contributed by atoms with Crippen molar-refractivity contribution >= 4 is 20.0 Å². The molecule has 11 nitrogen and oxygen atoms in total. The van der Waals surface area contributed by atoms with Crippen LogP contribution in [0.1, 0.15) is 30.4 Å². The summed E-state index contributed by atoms with van der Waals surface area (Å²) < 4.78 is 65.9. The van der Waals surface area contributed by atoms with Crippen molar-refractivity contribution < 1.29 is 31.4 Å². The van der Waals surface area contributed by atoms with Gasteiger partial charge in [-0.25, -0.2) is 21.6 Å². The average molecular weight is 579 g/mol. The first kappa shape index (κ1) is 29.4. The van der Waals surface area contributed by atoms with Crippen LogP contribution in [-0.2, 0) is 24.8 Å². The van der Waals surface area contributed by atoms with Crippen LogP contribution in [0.15, 0.2) is 52.3 Å². The molecule has 212 valence electrons. The molecule has 2 saturated heterocycles. The number of hydrogen-bond acceptors (Lipinski definition) is 9. The average Bonchev–Trinajstić information content (AvgIpc) is 3.33. The van der Waals surface area contributed by atoms with Gasteiger partial charge >= 0.3 is 0 Å². The van der Waals surface area contributed by atoms with Crippen LogP contribution in [0.25, 0.3) is 0 Å². The number of nitriles is 1. The molecule has 0 bridgehead atoms. The van der Waals surface area contributed by atoms with Gasteiger partial charge in [0.1, 0.15) is 18.5 Å². The first-order chi connectivity index (χ1) is 18.5. The Labute approximate surface area is 229 Å². The quantitative estimate of drug-likeness (QED) is 0.376. The Morgan fingerprint density at radius 2 is 1.95 bits per heavy atom. The molecule has 1 spiro atoms. The number of nitrogens with one attached hydrogen (secondary N) is 2. The highest BCUT2D eigenvalue weighted by molar-refractivity contribution is 7.89. The van der Waals surface area contributed by atoms with Gasteiger partial charge in [0.25, 0.3) is 0 Å². The number of piperidine rings is 1. The molecule has 2 aromatic carbocycles. The van der Waals surface area contributed by atoms with E-state index in [-0.39, 0.29) is 29.0 Å². The first-order valence-corrected chi connectivity index (χ1v) is 15.6. The van der Waals surface area contributed by atoms with Gasteiger partial charge in [0.2, 0.25) is 20.0 Å². The lowest BCUT2D eigenvalue weighted by Gasteiger charge is -2.38. The molecule has 2 aliphatic heterocycles. The van der Waals surface area contributed by atoms with Crippen molar-refractivity contribution in [3.63, 3.8) is 0 Å². The lowest BCUT2D eigenvalue weighted by Crippen LogP contribution is -2.47. The maximum absolute atomic E-state index is 13.3. The van der Waals surface area contributed by atoms with Gasteiger partial charge in [-0.05, 0) is 63.1 Å². The molecule has 0 saturated carbocycles. The van der Waals surface area contributed by atoms with Gasteiger partial charge in [-0.15, -0.1) is 0 Å². The molecule has 2 unspecified atom stereocenters. The Kier molecular flexibility index (Phi) is 8.97. The van der Waals surface area contributed by atoms with Crippen molar-refractivity contribution in [1.82, 2.24) is 14.3 Å². The van der Waals surface area contributed by atoms with Gasteiger partial charge < -0.3 is 19.9 Å². The number of ether oxygens (including phenoxy) is 2. The molecule has 2 aromatic rings. The van der Waals surface area contributed by atoms with Crippen molar-refractivity contribution in [3.8, 4) is 11.8 Å². The number of aliphatic hydroxyl groups is 1. The van der Waals surface area contributed by atoms with Crippen molar-refractivity contribution in [1.29, 1.82) is 5.26 Å². The number of sulfonamides is 2. The lowest BCUT2D eigenvalue weighted by molar-refractivity contribution is -0.0312. The summed E-state index contributed by atoms with van der Waals surface area (Å²) in [4.78, 5) is 0.240. The summed E-state index contributed by atoms with van der Waals surface area (Å²) in [5.41, 5.74) is 0.492. The molecule has 2 aliphatic rings. The minimum Gasteiger partial charge on any atom is -0.491 e. The third-order valence-electron chi connectivity index (χ3n) is 7.25. The molecule has 2 atom stereocenters. The number of aryl methyl sites for hydroxylation is 1. The fourth-order valence-electron chi connectivity index (χ4n) is 4.95. The van der Waals surface area contributed by atoms with Gasteiger partial charge in [0.05, 0.1) is 33.6 Å². The second-order valence-corrected chi connectivity index (χ2v) is 13.7. The molecule has 0 aromatic heterocycles. The zero-order valence-electron chi connectivity index (χ0n) is 22.0. The maximum Gasteiger partial charge on any atom is 0.243 e. The number of aliphatic hydroxyl groups excluding tert-OH is 1. The van der Waals surface area contributed by atoms with E-state index in [2.05, 4.69) is 10.0 Å². The Bertz CT molecular complexity index is 1430. The van der Waals surface area contributed by atoms with Crippen LogP contribution in [0.5, 0.6) is 5.75 Å². The largest absolute Gasteiger partial charge is 0.491 e. The van der Waals surface area contributed by atoms with Crippen molar-refractivity contribution in [3.05, 3.63) is 53.6 Å². The monoisotopic (exact) mass is 578 g/mol. The molecule has 0 radical (unpaired) electrons. The van der Waals surface area contributed by atoms with E-state index >= 15 is 0 Å². The Balaban J connectivity index is 1.25. The summed E-state index contributed by atoms with van der Waals surface area (Å²) in [5, 5.41) is 22.9. The molecular formula is C26H34N4O7S2. The maximum atomic E-state index is 13.3. The molecule has 39 heavy (non-hydrogen) atoms. The Hall–Kier alpha value is -2.57. The topological polar surface area (TPSA) is 158 Å². The van der Waals surface area contributed by atoms with Crippen LogP contribution in [0, 0.1) is 18.3 Å². The van der Waals surface area contributed by atoms with E-state index < -0.39 is 31.8 Å². The summed E-state index contributed by atoms with van der Waals surface area (Å²) >= 11 is 0. The third-order valence-corrected chi connectivity index (χ3v) is 10.7. The van der Waals surface area contributed by atoms with E-state index in [4.69, 9.17) is 9.47 Å². The molecule has 13 heteroatoms. The van der Waals surface area contributed by atoms with Crippen molar-refractivity contribution in [2.45, 2.75) is 53.7 Å². The molecule has 0 amide bonds. The molecule has 2 fully saturated rings. The standard InChI is InChI=1S/C26H34N4O7S2/c1-19-6-7-20(15-27)12-25(19)39(34,35)30-10-8-26(9-11-30)14-21(17-37-26)29-16-22(31)18-36-23-4-3-5-24(13-23)38(32,33)28-2/h3-7,12-13,21-22,28-29,31H,8-11,14,16-18H2,1-2H3. The van der Waals surface area contributed by atoms with E-state index in [1.165, 1.54) is 29.6 Å². The zero-order valence-corrected chi connectivity index (χ0v) is 23.6. The van der Waals surface area contributed by atoms with Crippen LogP contribution in [0.3, 0.4) is 0 Å². The molecular weight excluding hydrogens is 544 g/mol. The van der Waals surface area contributed by atoms with E-state index in [1.807, 2.05) is 6.07 Å². The smallest absolute Gasteiger partial charge is 0.243 e. The van der Waals surface area contributed by atoms with Crippen LogP contribution in [-0.4, -0.2) is 83.9 Å². The predicted octanol–water partition coefficient (Wildman–Crippen LogP) is 1.12. The zero-order chi connectivity index (χ0) is 28.3. The number of hydrogen-bond donors (Lipinski definition) is 3. The molecule has 3 N–H and O–H groups in total. The van der Waals surface area contributed by atoms with Gasteiger partial charge in [-0.1, -0.05) is 12.1 Å². The van der Waals surface area contributed by atoms with Crippen LogP contribution in [0.2, 0.25) is 0 Å². The van der Waals surface area contributed by atoms with E-state index in [9.17, 15) is 27.2 Å². The number of rotatable bonds is 10. The summed E-state index contributed by atoms with van der Waals surface area (Å²) in [5.74, 6) is 0.338. The van der Waals surface area contributed by atoms with Crippen LogP contribution < -0.4 is 14.8 Å². The predicted molar refractivity (Wildman–Crippen MR) is 143 cm³/mol. The summed E-state index contributed by atoms with van der Waals surface area (Å²) in [6.45, 7) is 3.06. The Morgan fingerprint density at radius 3 is 2.64 bits per heavy atom. The van der Waals surface area contributed by atoms with Gasteiger partial charge in [-0.3, -0.25) is 0 Å². The number of benzene rings is 2. The van der Waals surface area contributed by atoms with Gasteiger partial charge in [0, 0.05) is 31.7 Å². The van der Waals surface area contributed by atoms with Crippen LogP contribution >= 0.6 is 0 Å². The summed E-state index contributed by atoms with van der Waals surface area (Å²) in [7, 11) is -5.98. The molecule has 2 heterocycles. The highest BCUT2D eigenvalue weighted by Crippen LogP contribution is 2.37. The summed E-state index contributed by atoms with van der Waals surface area (Å²) in [6, 6.07) is 12.7. The van der Waals surface area contributed by atoms with E-state index in [0.717, 1.165) is 0 Å². The lowest BCUT2D eigenvalue weighted by atomic mass is 9.88. The highest BCUT2D eigenvalue weighted by atomic mass is 32.2. The van der Waals surface area contributed by atoms with E-state index in [0.29, 0.717) is 55.8 Å². The van der Waals surface area contributed by atoms with E-state index in [1.54, 1.807) is 31.2 Å². The SMILES string of the molecule is CNS(=O)(=O)c1cccc(OCC(O)CNC2COC3(CCN(S(=O)(=O)c4cc(C#N)ccc4C)CC3)C2)c1. The van der Waals surface area contributed by atoms with Gasteiger partial charge in [0.15, 0.2) is 0 Å². The first-order valence-electron chi connectivity index (χ1n) is 12.7. The number of nitrogens with zero attached hydrogens (tertiary/aromatic N) is 2. The Morgan fingerprint density at radius 1 is 1.21 bits per heavy atom. The molecule has 4 rings (SSSR count). The summed E-state index contributed by atoms with van der Waals surface area (Å²) in [6.07, 6.45) is 0.977. The normalized spacial score (nSPS) is 20.5. The third kappa shape index (κ3) is 6.78. The van der Waals surface area contributed by atoms with Crippen molar-refractivity contribution in [2.24, 2.45) is 0 Å². The second kappa shape index (κ2) is 11.9.